The van der Waals surface area contributed by atoms with Crippen LogP contribution in [0, 0.1) is 6.92 Å². The molecule has 1 N–H and O–H groups in total. The fourth-order valence-electron chi connectivity index (χ4n) is 1.97. The van der Waals surface area contributed by atoms with Crippen LogP contribution in [0.2, 0.25) is 0 Å². The molecule has 5 heteroatoms. The van der Waals surface area contributed by atoms with Gasteiger partial charge in [0.05, 0.1) is 0 Å². The second-order valence-corrected chi connectivity index (χ2v) is 5.20. The van der Waals surface area contributed by atoms with Crippen molar-refractivity contribution in [2.24, 2.45) is 0 Å². The molecule has 0 bridgehead atoms. The molecule has 0 aliphatic carbocycles. The first kappa shape index (κ1) is 14.7. The Hall–Kier alpha value is -1.75. The predicted molar refractivity (Wildman–Crippen MR) is 87.2 cm³/mol. The summed E-state index contributed by atoms with van der Waals surface area (Å²) >= 11 is 1.55. The van der Waals surface area contributed by atoms with Crippen LogP contribution in [-0.2, 0) is 0 Å². The first-order valence-electron chi connectivity index (χ1n) is 6.63. The highest BCUT2D eigenvalue weighted by atomic mass is 32.2. The van der Waals surface area contributed by atoms with E-state index in [9.17, 15) is 0 Å². The molecule has 1 aromatic carbocycles. The average Bonchev–Trinajstić information content (AvgIpc) is 2.49. The third-order valence-electron chi connectivity index (χ3n) is 3.07. The van der Waals surface area contributed by atoms with Crippen molar-refractivity contribution < 1.29 is 0 Å². The number of nitrogens with one attached hydrogen (secondary N) is 1. The zero-order valence-corrected chi connectivity index (χ0v) is 13.2. The van der Waals surface area contributed by atoms with E-state index in [1.165, 1.54) is 5.56 Å². The molecular formula is C15H20N4S. The van der Waals surface area contributed by atoms with Crippen molar-refractivity contribution in [3.05, 3.63) is 35.9 Å². The summed E-state index contributed by atoms with van der Waals surface area (Å²) in [5.74, 6) is 1.75. The van der Waals surface area contributed by atoms with Crippen molar-refractivity contribution >= 4 is 29.1 Å². The molecule has 0 saturated carbocycles. The molecule has 0 atom stereocenters. The Morgan fingerprint density at radius 2 is 1.90 bits per heavy atom. The zero-order valence-electron chi connectivity index (χ0n) is 12.3. The first-order valence-corrected chi connectivity index (χ1v) is 7.85. The summed E-state index contributed by atoms with van der Waals surface area (Å²) in [7, 11) is 1.87. The molecular weight excluding hydrogens is 268 g/mol. The lowest BCUT2D eigenvalue weighted by molar-refractivity contribution is 0.912. The second kappa shape index (κ2) is 6.61. The van der Waals surface area contributed by atoms with Gasteiger partial charge in [-0.25, -0.2) is 9.97 Å². The Kier molecular flexibility index (Phi) is 4.84. The summed E-state index contributed by atoms with van der Waals surface area (Å²) in [6, 6.07) is 10.5. The number of hydrogen-bond acceptors (Lipinski definition) is 5. The Morgan fingerprint density at radius 1 is 1.20 bits per heavy atom. The lowest BCUT2D eigenvalue weighted by Gasteiger charge is -2.23. The Morgan fingerprint density at radius 3 is 2.45 bits per heavy atom. The lowest BCUT2D eigenvalue weighted by Crippen LogP contribution is -2.18. The fourth-order valence-corrected chi connectivity index (χ4v) is 2.35. The fraction of sp³-hybridized carbons (Fsp3) is 0.333. The van der Waals surface area contributed by atoms with Gasteiger partial charge in [0.15, 0.2) is 5.16 Å². The van der Waals surface area contributed by atoms with Crippen molar-refractivity contribution in [1.82, 2.24) is 9.97 Å². The summed E-state index contributed by atoms with van der Waals surface area (Å²) in [4.78, 5) is 11.2. The molecule has 0 unspecified atom stereocenters. The number of nitrogens with zero attached hydrogens (tertiary/aromatic N) is 3. The van der Waals surface area contributed by atoms with Gasteiger partial charge in [0.1, 0.15) is 11.6 Å². The van der Waals surface area contributed by atoms with E-state index in [2.05, 4.69) is 58.3 Å². The van der Waals surface area contributed by atoms with Crippen molar-refractivity contribution in [3.63, 3.8) is 0 Å². The predicted octanol–water partition coefficient (Wildman–Crippen LogP) is 3.71. The van der Waals surface area contributed by atoms with Crippen LogP contribution in [0.3, 0.4) is 0 Å². The standard InChI is InChI=1S/C15H20N4S/c1-5-19(12-8-6-11(2)7-9-12)14-10-13(16-3)17-15(18-14)20-4/h6-10H,5H2,1-4H3,(H,16,17,18). The molecule has 4 nitrogen and oxygen atoms in total. The molecule has 20 heavy (non-hydrogen) atoms. The molecule has 0 spiro atoms. The van der Waals surface area contributed by atoms with Crippen molar-refractivity contribution in [3.8, 4) is 0 Å². The van der Waals surface area contributed by atoms with Crippen LogP contribution in [0.25, 0.3) is 0 Å². The van der Waals surface area contributed by atoms with Gasteiger partial charge in [-0.3, -0.25) is 0 Å². The van der Waals surface area contributed by atoms with E-state index >= 15 is 0 Å². The normalized spacial score (nSPS) is 10.4. The van der Waals surface area contributed by atoms with E-state index in [0.29, 0.717) is 0 Å². The highest BCUT2D eigenvalue weighted by molar-refractivity contribution is 7.98. The number of anilines is 3. The molecule has 0 aliphatic rings. The smallest absolute Gasteiger partial charge is 0.191 e. The topological polar surface area (TPSA) is 41.0 Å². The van der Waals surface area contributed by atoms with Gasteiger partial charge in [-0.2, -0.15) is 0 Å². The number of rotatable bonds is 5. The Labute approximate surface area is 124 Å². The summed E-state index contributed by atoms with van der Waals surface area (Å²) in [5.41, 5.74) is 2.40. The largest absolute Gasteiger partial charge is 0.373 e. The Bertz CT molecular complexity index is 546. The van der Waals surface area contributed by atoms with Crippen LogP contribution in [0.1, 0.15) is 12.5 Å². The van der Waals surface area contributed by atoms with Gasteiger partial charge < -0.3 is 10.2 Å². The summed E-state index contributed by atoms with van der Waals surface area (Å²) < 4.78 is 0. The molecule has 0 radical (unpaired) electrons. The van der Waals surface area contributed by atoms with Gasteiger partial charge in [0.25, 0.3) is 0 Å². The SMILES string of the molecule is CCN(c1ccc(C)cc1)c1cc(NC)nc(SC)n1. The molecule has 106 valence electrons. The first-order chi connectivity index (χ1) is 9.67. The average molecular weight is 288 g/mol. The van der Waals surface area contributed by atoms with E-state index in [4.69, 9.17) is 0 Å². The molecule has 0 fully saturated rings. The summed E-state index contributed by atoms with van der Waals surface area (Å²) in [5, 5.41) is 3.87. The van der Waals surface area contributed by atoms with Crippen molar-refractivity contribution in [2.75, 3.05) is 30.1 Å². The molecule has 0 amide bonds. The maximum atomic E-state index is 4.61. The van der Waals surface area contributed by atoms with E-state index in [0.717, 1.165) is 29.0 Å². The van der Waals surface area contributed by atoms with Crippen molar-refractivity contribution in [2.45, 2.75) is 19.0 Å². The maximum Gasteiger partial charge on any atom is 0.191 e. The molecule has 1 aromatic heterocycles. The number of aromatic nitrogens is 2. The third-order valence-corrected chi connectivity index (χ3v) is 3.62. The van der Waals surface area contributed by atoms with Gasteiger partial charge in [0, 0.05) is 25.3 Å². The number of aryl methyl sites for hydroxylation is 1. The van der Waals surface area contributed by atoms with Crippen LogP contribution < -0.4 is 10.2 Å². The van der Waals surface area contributed by atoms with Gasteiger partial charge in [-0.15, -0.1) is 0 Å². The van der Waals surface area contributed by atoms with Gasteiger partial charge >= 0.3 is 0 Å². The lowest BCUT2D eigenvalue weighted by atomic mass is 10.2. The van der Waals surface area contributed by atoms with Gasteiger partial charge in [-0.1, -0.05) is 29.5 Å². The van der Waals surface area contributed by atoms with E-state index < -0.39 is 0 Å². The molecule has 2 rings (SSSR count). The van der Waals surface area contributed by atoms with E-state index in [-0.39, 0.29) is 0 Å². The molecule has 0 saturated heterocycles. The van der Waals surface area contributed by atoms with Crippen LogP contribution in [-0.4, -0.2) is 29.8 Å². The third kappa shape index (κ3) is 3.22. The van der Waals surface area contributed by atoms with E-state index in [1.54, 1.807) is 11.8 Å². The van der Waals surface area contributed by atoms with Crippen LogP contribution in [0.15, 0.2) is 35.5 Å². The second-order valence-electron chi connectivity index (χ2n) is 4.43. The van der Waals surface area contributed by atoms with Gasteiger partial charge in [0.2, 0.25) is 0 Å². The summed E-state index contributed by atoms with van der Waals surface area (Å²) in [6.07, 6.45) is 1.99. The Balaban J connectivity index is 2.42. The minimum absolute atomic E-state index is 0.775. The number of thioether (sulfide) groups is 1. The molecule has 0 aliphatic heterocycles. The minimum Gasteiger partial charge on any atom is -0.373 e. The highest BCUT2D eigenvalue weighted by Crippen LogP contribution is 2.27. The zero-order chi connectivity index (χ0) is 14.5. The number of benzene rings is 1. The van der Waals surface area contributed by atoms with Gasteiger partial charge in [-0.05, 0) is 32.2 Å². The maximum absolute atomic E-state index is 4.61. The molecule has 2 aromatic rings. The van der Waals surface area contributed by atoms with E-state index in [1.807, 2.05) is 19.4 Å². The van der Waals surface area contributed by atoms with Crippen LogP contribution in [0.4, 0.5) is 17.3 Å². The molecule has 1 heterocycles. The van der Waals surface area contributed by atoms with Crippen molar-refractivity contribution in [1.29, 1.82) is 0 Å². The van der Waals surface area contributed by atoms with Crippen LogP contribution >= 0.6 is 11.8 Å². The van der Waals surface area contributed by atoms with Crippen LogP contribution in [0.5, 0.6) is 0 Å². The quantitative estimate of drug-likeness (QED) is 0.671. The minimum atomic E-state index is 0.775. The monoisotopic (exact) mass is 288 g/mol. The highest BCUT2D eigenvalue weighted by Gasteiger charge is 2.11. The summed E-state index contributed by atoms with van der Waals surface area (Å²) in [6.45, 7) is 5.08. The number of hydrogen-bond donors (Lipinski definition) is 1.